The van der Waals surface area contributed by atoms with Crippen LogP contribution in [0.4, 0.5) is 8.78 Å². The number of hydrogen-bond acceptors (Lipinski definition) is 3. The maximum atomic E-state index is 13.3. The fourth-order valence-corrected chi connectivity index (χ4v) is 13.7. The molecule has 21 heavy (non-hydrogen) atoms. The predicted molar refractivity (Wildman–Crippen MR) is 91.5 cm³/mol. The van der Waals surface area contributed by atoms with Gasteiger partial charge in [-0.2, -0.15) is 0 Å². The number of alkyl halides is 2. The van der Waals surface area contributed by atoms with Gasteiger partial charge in [-0.15, -0.1) is 0 Å². The van der Waals surface area contributed by atoms with Crippen LogP contribution in [0.15, 0.2) is 15.9 Å². The molecule has 1 nitrogen and oxygen atoms in total. The van der Waals surface area contributed by atoms with Crippen molar-refractivity contribution in [1.82, 2.24) is 0 Å². The monoisotopic (exact) mass is 472 g/mol. The van der Waals surface area contributed by atoms with E-state index in [1.165, 1.54) is 0 Å². The summed E-state index contributed by atoms with van der Waals surface area (Å²) in [6.07, 6.45) is 3.78. The average Bonchev–Trinajstić information content (AvgIpc) is 2.84. The van der Waals surface area contributed by atoms with Crippen molar-refractivity contribution < 1.29 is 13.9 Å². The second kappa shape index (κ2) is 8.79. The first-order chi connectivity index (χ1) is 9.93. The molecule has 0 aliphatic heterocycles. The molecule has 1 aliphatic carbocycles. The van der Waals surface area contributed by atoms with Crippen molar-refractivity contribution in [3.05, 3.63) is 20.8 Å². The molecule has 0 radical (unpaired) electrons. The molecule has 1 unspecified atom stereocenters. The van der Waals surface area contributed by atoms with Gasteiger partial charge >= 0.3 is 163 Å². The second-order valence-electron chi connectivity index (χ2n) is 5.79. The third-order valence-corrected chi connectivity index (χ3v) is 15.1. The molecule has 1 heterocycles. The minimum absolute atomic E-state index is 0.0349. The number of aliphatic hydroxyl groups excluding tert-OH is 1. The Morgan fingerprint density at radius 3 is 2.71 bits per heavy atom. The molecule has 0 aromatic carbocycles. The van der Waals surface area contributed by atoms with Crippen molar-refractivity contribution in [2.75, 3.05) is 6.26 Å². The molecule has 1 N–H and O–H groups in total. The van der Waals surface area contributed by atoms with Crippen LogP contribution in [-0.2, 0) is 0 Å². The number of aliphatic hydroxyl groups is 1. The summed E-state index contributed by atoms with van der Waals surface area (Å²) in [4.78, 5) is 0.980. The van der Waals surface area contributed by atoms with Crippen LogP contribution >= 0.6 is 32.0 Å². The van der Waals surface area contributed by atoms with Gasteiger partial charge in [0.15, 0.2) is 0 Å². The summed E-state index contributed by atoms with van der Waals surface area (Å²) < 4.78 is 30.1. The van der Waals surface area contributed by atoms with Crippen LogP contribution in [0.25, 0.3) is 0 Å². The summed E-state index contributed by atoms with van der Waals surface area (Å²) in [5, 5.41) is 12.4. The second-order valence-corrected chi connectivity index (χ2v) is 17.8. The van der Waals surface area contributed by atoms with Gasteiger partial charge in [0, 0.05) is 0 Å². The summed E-state index contributed by atoms with van der Waals surface area (Å²) >= 11 is 3.97. The summed E-state index contributed by atoms with van der Waals surface area (Å²) in [5.74, 6) is -2.05. The van der Waals surface area contributed by atoms with E-state index in [0.717, 1.165) is 15.8 Å². The van der Waals surface area contributed by atoms with E-state index < -0.39 is 51.0 Å². The zero-order valence-electron chi connectivity index (χ0n) is 12.0. The molecule has 116 valence electrons. The van der Waals surface area contributed by atoms with Crippen molar-refractivity contribution in [2.24, 2.45) is 5.92 Å². The quantitative estimate of drug-likeness (QED) is 0.549. The Kier molecular flexibility index (Phi) is 8.02. The Morgan fingerprint density at radius 1 is 1.52 bits per heavy atom. The number of rotatable bonds is 6. The van der Waals surface area contributed by atoms with E-state index >= 15 is 0 Å². The van der Waals surface area contributed by atoms with Crippen LogP contribution < -0.4 is 0 Å². The summed E-state index contributed by atoms with van der Waals surface area (Å²) in [6, 6.07) is 1.96. The van der Waals surface area contributed by atoms with Gasteiger partial charge < -0.3 is 0 Å². The Balaban J connectivity index is 1.97. The molecular weight excluding hydrogens is 454 g/mol. The molecule has 0 amide bonds. The maximum absolute atomic E-state index is 13.3. The van der Waals surface area contributed by atoms with E-state index in [9.17, 15) is 13.9 Å². The van der Waals surface area contributed by atoms with Gasteiger partial charge in [-0.3, -0.25) is 0 Å². The van der Waals surface area contributed by atoms with E-state index in [2.05, 4.69) is 22.2 Å². The van der Waals surface area contributed by atoms with Gasteiger partial charge in [-0.25, -0.2) is 0 Å². The first-order valence-electron chi connectivity index (χ1n) is 7.20. The van der Waals surface area contributed by atoms with Crippen molar-refractivity contribution >= 4 is 71.0 Å². The number of thiophene rings is 1. The van der Waals surface area contributed by atoms with E-state index in [-0.39, 0.29) is 12.8 Å². The van der Waals surface area contributed by atoms with Gasteiger partial charge in [-0.1, -0.05) is 0 Å². The van der Waals surface area contributed by atoms with E-state index in [1.807, 2.05) is 16.2 Å². The average molecular weight is 473 g/mol. The fourth-order valence-electron chi connectivity index (χ4n) is 3.08. The van der Waals surface area contributed by atoms with Gasteiger partial charge in [0.25, 0.3) is 0 Å². The van der Waals surface area contributed by atoms with Gasteiger partial charge in [0.05, 0.1) is 0 Å². The third-order valence-electron chi connectivity index (χ3n) is 4.28. The standard InChI is InChI=1S/C13H16BrF2OS.CH4S.Sr/c14-10-5-8-18-12(10)11(17)2-1-9-3-6-13(15,16)7-4-9;1-2;/h1,5,8-9,11,17H,2-4,6-7H2;2H,1H3;/q;;+1/p-1. The van der Waals surface area contributed by atoms with Gasteiger partial charge in [0.1, 0.15) is 0 Å². The molecular formula is C14H19BrF2OS2Sr. The molecule has 1 saturated carbocycles. The minimum atomic E-state index is -2.45. The van der Waals surface area contributed by atoms with Gasteiger partial charge in [0.2, 0.25) is 0 Å². The molecule has 2 rings (SSSR count). The van der Waals surface area contributed by atoms with E-state index in [1.54, 1.807) is 11.3 Å². The van der Waals surface area contributed by atoms with Crippen molar-refractivity contribution in [3.63, 3.8) is 0 Å². The topological polar surface area (TPSA) is 20.2 Å². The Hall–Kier alpha value is 1.83. The predicted octanol–water partition coefficient (Wildman–Crippen LogP) is 5.53. The summed E-state index contributed by atoms with van der Waals surface area (Å²) in [6.45, 7) is 0. The third kappa shape index (κ3) is 5.69. The zero-order chi connectivity index (χ0) is 15.5. The van der Waals surface area contributed by atoms with Crippen LogP contribution in [0.1, 0.15) is 43.1 Å². The van der Waals surface area contributed by atoms with Crippen molar-refractivity contribution in [2.45, 2.75) is 45.0 Å². The normalized spacial score (nSPS) is 21.8. The first kappa shape index (κ1) is 19.2. The Labute approximate surface area is 160 Å². The summed E-state index contributed by atoms with van der Waals surface area (Å²) in [5.41, 5.74) is 0. The fraction of sp³-hybridized carbons (Fsp3) is 0.714. The first-order valence-corrected chi connectivity index (χ1v) is 16.5. The van der Waals surface area contributed by atoms with Crippen molar-refractivity contribution in [3.8, 4) is 0 Å². The van der Waals surface area contributed by atoms with Crippen LogP contribution in [0.3, 0.4) is 0 Å². The van der Waals surface area contributed by atoms with Gasteiger partial charge in [-0.05, 0) is 0 Å². The SMILES string of the molecule is C[S][Sr][C@@H](CC(O)c1sccc1Br)C1CCC(F)(F)CC1. The summed E-state index contributed by atoms with van der Waals surface area (Å²) in [7, 11) is 0. The van der Waals surface area contributed by atoms with Crippen LogP contribution in [-0.4, -0.2) is 56.2 Å². The Morgan fingerprint density at radius 2 is 2.19 bits per heavy atom. The molecule has 0 spiro atoms. The molecule has 1 aliphatic rings. The van der Waals surface area contributed by atoms with E-state index in [0.29, 0.717) is 19.6 Å². The molecule has 1 fully saturated rings. The molecule has 1 aromatic heterocycles. The molecule has 0 saturated heterocycles. The zero-order valence-corrected chi connectivity index (χ0v) is 18.7. The Bertz CT molecular complexity index is 448. The molecule has 1 aromatic rings. The number of hydrogen-bond donors (Lipinski definition) is 1. The van der Waals surface area contributed by atoms with Crippen LogP contribution in [0.2, 0.25) is 0.889 Å². The molecule has 7 heteroatoms. The molecule has 2 atom stereocenters. The van der Waals surface area contributed by atoms with E-state index in [4.69, 9.17) is 0 Å². The van der Waals surface area contributed by atoms with Crippen LogP contribution in [0, 0.1) is 5.92 Å². The molecule has 0 bridgehead atoms. The van der Waals surface area contributed by atoms with Crippen LogP contribution in [0.5, 0.6) is 0 Å². The van der Waals surface area contributed by atoms with Crippen molar-refractivity contribution in [1.29, 1.82) is 0 Å². The number of halogens is 3.